The summed E-state index contributed by atoms with van der Waals surface area (Å²) >= 11 is 11.3. The third-order valence-corrected chi connectivity index (χ3v) is 6.48. The van der Waals surface area contributed by atoms with Crippen molar-refractivity contribution in [3.8, 4) is 0 Å². The normalized spacial score (nSPS) is 13.6. The monoisotopic (exact) mass is 511 g/mol. The van der Waals surface area contributed by atoms with E-state index in [0.29, 0.717) is 0 Å². The van der Waals surface area contributed by atoms with Crippen molar-refractivity contribution in [2.75, 3.05) is 0 Å². The Morgan fingerprint density at radius 3 is 1.83 bits per heavy atom. The van der Waals surface area contributed by atoms with Gasteiger partial charge in [0.1, 0.15) is 3.23 Å². The Hall–Kier alpha value is -0.710. The van der Waals surface area contributed by atoms with Crippen LogP contribution in [0.25, 0.3) is 5.70 Å². The van der Waals surface area contributed by atoms with Crippen molar-refractivity contribution < 1.29 is 0 Å². The van der Waals surface area contributed by atoms with Gasteiger partial charge in [-0.25, -0.2) is 4.99 Å². The molecule has 126 valence electrons. The SMILES string of the molecule is CC/C(Br)=C(/N=C(c1ccccc1)C(Br)(Br)CC)c1ccccc1. The van der Waals surface area contributed by atoms with Crippen LogP contribution in [0.4, 0.5) is 0 Å². The second-order valence-corrected chi connectivity index (χ2v) is 10.1. The summed E-state index contributed by atoms with van der Waals surface area (Å²) in [6.45, 7) is 4.25. The Labute approximate surface area is 169 Å². The first-order valence-corrected chi connectivity index (χ1v) is 10.3. The number of benzene rings is 2. The van der Waals surface area contributed by atoms with E-state index in [1.54, 1.807) is 0 Å². The van der Waals surface area contributed by atoms with Crippen LogP contribution >= 0.6 is 47.8 Å². The smallest absolute Gasteiger partial charge is 0.122 e. The second kappa shape index (κ2) is 9.12. The van der Waals surface area contributed by atoms with E-state index in [2.05, 4.69) is 85.9 Å². The molecule has 0 saturated heterocycles. The summed E-state index contributed by atoms with van der Waals surface area (Å²) < 4.78 is 0.719. The maximum atomic E-state index is 5.09. The van der Waals surface area contributed by atoms with Gasteiger partial charge in [-0.2, -0.15) is 0 Å². The molecular formula is C20H20Br3N. The number of allylic oxidation sites excluding steroid dienone is 1. The van der Waals surface area contributed by atoms with Gasteiger partial charge in [0, 0.05) is 10.0 Å². The molecule has 0 spiro atoms. The molecule has 24 heavy (non-hydrogen) atoms. The van der Waals surface area contributed by atoms with Crippen molar-refractivity contribution in [3.63, 3.8) is 0 Å². The molecule has 0 aliphatic carbocycles. The molecule has 0 radical (unpaired) electrons. The topological polar surface area (TPSA) is 12.4 Å². The molecule has 0 aliphatic rings. The van der Waals surface area contributed by atoms with Gasteiger partial charge in [-0.3, -0.25) is 0 Å². The molecule has 0 aromatic heterocycles. The zero-order chi connectivity index (χ0) is 17.6. The molecule has 1 nitrogen and oxygen atoms in total. The quantitative estimate of drug-likeness (QED) is 0.279. The van der Waals surface area contributed by atoms with E-state index < -0.39 is 0 Å². The lowest BCUT2D eigenvalue weighted by atomic mass is 10.0. The molecule has 0 saturated carbocycles. The molecule has 4 heteroatoms. The highest BCUT2D eigenvalue weighted by molar-refractivity contribution is 9.26. The van der Waals surface area contributed by atoms with Crippen molar-refractivity contribution in [3.05, 3.63) is 76.3 Å². The fraction of sp³-hybridized carbons (Fsp3) is 0.250. The molecule has 0 N–H and O–H groups in total. The first kappa shape index (κ1) is 19.6. The number of halogens is 3. The molecule has 0 aliphatic heterocycles. The summed E-state index contributed by atoms with van der Waals surface area (Å²) in [6, 6.07) is 20.6. The molecule has 2 rings (SSSR count). The van der Waals surface area contributed by atoms with Crippen molar-refractivity contribution >= 4 is 59.2 Å². The summed E-state index contributed by atoms with van der Waals surface area (Å²) in [5, 5.41) is 0. The first-order chi connectivity index (χ1) is 11.5. The van der Waals surface area contributed by atoms with Gasteiger partial charge in [0.05, 0.1) is 11.4 Å². The number of hydrogen-bond acceptors (Lipinski definition) is 1. The molecule has 0 unspecified atom stereocenters. The average Bonchev–Trinajstić information content (AvgIpc) is 2.63. The van der Waals surface area contributed by atoms with Crippen molar-refractivity contribution in [1.29, 1.82) is 0 Å². The van der Waals surface area contributed by atoms with Crippen LogP contribution in [-0.4, -0.2) is 8.95 Å². The highest BCUT2D eigenvalue weighted by atomic mass is 79.9. The summed E-state index contributed by atoms with van der Waals surface area (Å²) in [7, 11) is 0. The summed E-state index contributed by atoms with van der Waals surface area (Å²) in [5.74, 6) is 0. The van der Waals surface area contributed by atoms with Gasteiger partial charge < -0.3 is 0 Å². The third kappa shape index (κ3) is 4.90. The minimum absolute atomic E-state index is 0.373. The Morgan fingerprint density at radius 1 is 0.875 bits per heavy atom. The molecule has 0 bridgehead atoms. The molecule has 0 atom stereocenters. The molecule has 0 heterocycles. The maximum Gasteiger partial charge on any atom is 0.122 e. The number of aliphatic imine (C=N–C) groups is 1. The van der Waals surface area contributed by atoms with Gasteiger partial charge in [0.25, 0.3) is 0 Å². The van der Waals surface area contributed by atoms with Crippen LogP contribution in [0, 0.1) is 0 Å². The highest BCUT2D eigenvalue weighted by Crippen LogP contribution is 2.37. The fourth-order valence-corrected chi connectivity index (χ4v) is 3.23. The number of rotatable bonds is 6. The number of hydrogen-bond donors (Lipinski definition) is 0. The van der Waals surface area contributed by atoms with E-state index in [-0.39, 0.29) is 3.23 Å². The lowest BCUT2D eigenvalue weighted by molar-refractivity contribution is 0.985. The highest BCUT2D eigenvalue weighted by Gasteiger charge is 2.29. The largest absolute Gasteiger partial charge is 0.249 e. The minimum atomic E-state index is -0.373. The molecule has 2 aromatic rings. The van der Waals surface area contributed by atoms with Gasteiger partial charge in [-0.1, -0.05) is 122 Å². The van der Waals surface area contributed by atoms with E-state index in [4.69, 9.17) is 4.99 Å². The van der Waals surface area contributed by atoms with Crippen molar-refractivity contribution in [1.82, 2.24) is 0 Å². The predicted molar refractivity (Wildman–Crippen MR) is 116 cm³/mol. The van der Waals surface area contributed by atoms with Gasteiger partial charge in [0.15, 0.2) is 0 Å². The molecule has 0 amide bonds. The Morgan fingerprint density at radius 2 is 1.38 bits per heavy atom. The predicted octanol–water partition coefficient (Wildman–Crippen LogP) is 7.55. The van der Waals surface area contributed by atoms with Gasteiger partial charge in [-0.05, 0) is 18.4 Å². The number of alkyl halides is 2. The van der Waals surface area contributed by atoms with Gasteiger partial charge in [0.2, 0.25) is 0 Å². The van der Waals surface area contributed by atoms with E-state index >= 15 is 0 Å². The molecule has 2 aromatic carbocycles. The lowest BCUT2D eigenvalue weighted by Crippen LogP contribution is -2.25. The molecule has 0 fully saturated rings. The Kier molecular flexibility index (Phi) is 7.45. The minimum Gasteiger partial charge on any atom is -0.249 e. The zero-order valence-electron chi connectivity index (χ0n) is 13.8. The average molecular weight is 514 g/mol. The van der Waals surface area contributed by atoms with Crippen LogP contribution < -0.4 is 0 Å². The van der Waals surface area contributed by atoms with Crippen LogP contribution in [0.3, 0.4) is 0 Å². The van der Waals surface area contributed by atoms with E-state index in [1.165, 1.54) is 0 Å². The van der Waals surface area contributed by atoms with Crippen molar-refractivity contribution in [2.45, 2.75) is 29.9 Å². The van der Waals surface area contributed by atoms with Crippen LogP contribution in [0.15, 0.2) is 70.1 Å². The van der Waals surface area contributed by atoms with Gasteiger partial charge >= 0.3 is 0 Å². The van der Waals surface area contributed by atoms with Crippen LogP contribution in [0.1, 0.15) is 37.8 Å². The van der Waals surface area contributed by atoms with Crippen LogP contribution in [-0.2, 0) is 0 Å². The Balaban J connectivity index is 2.66. The summed E-state index contributed by atoms with van der Waals surface area (Å²) in [4.78, 5) is 5.09. The van der Waals surface area contributed by atoms with E-state index in [1.807, 2.05) is 36.4 Å². The van der Waals surface area contributed by atoms with Crippen LogP contribution in [0.2, 0.25) is 0 Å². The number of nitrogens with zero attached hydrogens (tertiary/aromatic N) is 1. The third-order valence-electron chi connectivity index (χ3n) is 3.68. The Bertz CT molecular complexity index is 719. The van der Waals surface area contributed by atoms with Crippen LogP contribution in [0.5, 0.6) is 0 Å². The maximum absolute atomic E-state index is 5.09. The standard InChI is InChI=1S/C20H20Br3N/c1-3-17(21)18(15-11-7-5-8-12-15)24-19(20(22,23)4-2)16-13-9-6-10-14-16/h5-14H,3-4H2,1-2H3/b18-17-,24-19?. The zero-order valence-corrected chi connectivity index (χ0v) is 18.5. The van der Waals surface area contributed by atoms with E-state index in [9.17, 15) is 0 Å². The first-order valence-electron chi connectivity index (χ1n) is 7.96. The lowest BCUT2D eigenvalue weighted by Gasteiger charge is -2.22. The second-order valence-electron chi connectivity index (χ2n) is 5.36. The molecular weight excluding hydrogens is 494 g/mol. The fourth-order valence-electron chi connectivity index (χ4n) is 2.28. The van der Waals surface area contributed by atoms with Gasteiger partial charge in [-0.15, -0.1) is 0 Å². The van der Waals surface area contributed by atoms with E-state index in [0.717, 1.165) is 39.9 Å². The van der Waals surface area contributed by atoms with Crippen molar-refractivity contribution in [2.24, 2.45) is 4.99 Å². The summed E-state index contributed by atoms with van der Waals surface area (Å²) in [5.41, 5.74) is 4.13. The summed E-state index contributed by atoms with van der Waals surface area (Å²) in [6.07, 6.45) is 1.76.